The lowest BCUT2D eigenvalue weighted by Crippen LogP contribution is -2.48. The Labute approximate surface area is 98.6 Å². The van der Waals surface area contributed by atoms with Crippen molar-refractivity contribution < 1.29 is 8.42 Å². The van der Waals surface area contributed by atoms with Crippen LogP contribution in [-0.2, 0) is 10.2 Å². The fraction of sp³-hybridized carbons (Fsp3) is 1.00. The lowest BCUT2D eigenvalue weighted by atomic mass is 10.2. The number of nitrogens with zero attached hydrogens (tertiary/aromatic N) is 1. The van der Waals surface area contributed by atoms with E-state index in [1.807, 2.05) is 13.8 Å². The van der Waals surface area contributed by atoms with Gasteiger partial charge in [-0.1, -0.05) is 13.8 Å². The summed E-state index contributed by atoms with van der Waals surface area (Å²) in [5.41, 5.74) is 5.63. The lowest BCUT2D eigenvalue weighted by Gasteiger charge is -2.26. The van der Waals surface area contributed by atoms with Crippen molar-refractivity contribution in [2.75, 3.05) is 20.1 Å². The first-order chi connectivity index (χ1) is 7.38. The Morgan fingerprint density at radius 2 is 2.00 bits per heavy atom. The highest BCUT2D eigenvalue weighted by atomic mass is 32.2. The molecule has 1 unspecified atom stereocenters. The van der Waals surface area contributed by atoms with Crippen molar-refractivity contribution in [3.63, 3.8) is 0 Å². The molecule has 0 spiro atoms. The van der Waals surface area contributed by atoms with Crippen molar-refractivity contribution >= 4 is 10.2 Å². The van der Waals surface area contributed by atoms with Crippen LogP contribution >= 0.6 is 0 Å². The Morgan fingerprint density at radius 1 is 1.44 bits per heavy atom. The molecule has 1 rings (SSSR count). The topological polar surface area (TPSA) is 75.4 Å². The molecule has 16 heavy (non-hydrogen) atoms. The highest BCUT2D eigenvalue weighted by molar-refractivity contribution is 7.87. The number of hydrogen-bond acceptors (Lipinski definition) is 3. The minimum atomic E-state index is -3.37. The lowest BCUT2D eigenvalue weighted by molar-refractivity contribution is 0.334. The van der Waals surface area contributed by atoms with Crippen molar-refractivity contribution in [2.45, 2.75) is 32.7 Å². The summed E-state index contributed by atoms with van der Waals surface area (Å²) in [4.78, 5) is 0. The van der Waals surface area contributed by atoms with Crippen LogP contribution in [0.25, 0.3) is 0 Å². The van der Waals surface area contributed by atoms with E-state index in [0.29, 0.717) is 24.9 Å². The SMILES string of the molecule is CC(C)CNS(=O)(=O)N(C)C(CN)C1CC1. The van der Waals surface area contributed by atoms with Crippen LogP contribution in [0.15, 0.2) is 0 Å². The summed E-state index contributed by atoms with van der Waals surface area (Å²) in [5.74, 6) is 0.756. The minimum absolute atomic E-state index is 0.0512. The number of nitrogens with one attached hydrogen (secondary N) is 1. The second-order valence-electron chi connectivity index (χ2n) is 4.90. The third-order valence-corrected chi connectivity index (χ3v) is 4.49. The van der Waals surface area contributed by atoms with Gasteiger partial charge in [-0.2, -0.15) is 12.7 Å². The highest BCUT2D eigenvalue weighted by Crippen LogP contribution is 2.35. The van der Waals surface area contributed by atoms with E-state index in [4.69, 9.17) is 5.73 Å². The quantitative estimate of drug-likeness (QED) is 0.674. The molecular weight excluding hydrogens is 226 g/mol. The van der Waals surface area contributed by atoms with Crippen LogP contribution in [0.1, 0.15) is 26.7 Å². The average Bonchev–Trinajstić information content (AvgIpc) is 3.00. The first-order valence-corrected chi connectivity index (χ1v) is 7.25. The molecule has 0 aromatic rings. The minimum Gasteiger partial charge on any atom is -0.329 e. The first-order valence-electron chi connectivity index (χ1n) is 5.81. The Hall–Kier alpha value is -0.170. The maximum Gasteiger partial charge on any atom is 0.279 e. The third kappa shape index (κ3) is 3.69. The van der Waals surface area contributed by atoms with Gasteiger partial charge in [0.1, 0.15) is 0 Å². The first kappa shape index (κ1) is 13.9. The Balaban J connectivity index is 2.58. The Morgan fingerprint density at radius 3 is 2.38 bits per heavy atom. The van der Waals surface area contributed by atoms with Crippen molar-refractivity contribution in [2.24, 2.45) is 17.6 Å². The summed E-state index contributed by atoms with van der Waals surface area (Å²) < 4.78 is 27.8. The second-order valence-corrected chi connectivity index (χ2v) is 6.72. The van der Waals surface area contributed by atoms with E-state index in [-0.39, 0.29) is 6.04 Å². The molecular formula is C10H23N3O2S. The van der Waals surface area contributed by atoms with Gasteiger partial charge in [0.25, 0.3) is 10.2 Å². The van der Waals surface area contributed by atoms with Crippen LogP contribution < -0.4 is 10.5 Å². The van der Waals surface area contributed by atoms with Gasteiger partial charge >= 0.3 is 0 Å². The molecule has 0 aliphatic heterocycles. The van der Waals surface area contributed by atoms with E-state index in [2.05, 4.69) is 4.72 Å². The van der Waals surface area contributed by atoms with Crippen LogP contribution in [0.2, 0.25) is 0 Å². The summed E-state index contributed by atoms with van der Waals surface area (Å²) in [5, 5.41) is 0. The molecule has 0 aromatic carbocycles. The standard InChI is InChI=1S/C10H23N3O2S/c1-8(2)7-12-16(14,15)13(3)10(6-11)9-4-5-9/h8-10,12H,4-7,11H2,1-3H3. The van der Waals surface area contributed by atoms with Crippen LogP contribution in [0.3, 0.4) is 0 Å². The third-order valence-electron chi connectivity index (χ3n) is 2.93. The van der Waals surface area contributed by atoms with Gasteiger partial charge in [-0.3, -0.25) is 0 Å². The van der Waals surface area contributed by atoms with Gasteiger partial charge in [0.2, 0.25) is 0 Å². The second kappa shape index (κ2) is 5.44. The Kier molecular flexibility index (Phi) is 4.73. The Bertz CT molecular complexity index is 312. The molecule has 6 heteroatoms. The van der Waals surface area contributed by atoms with Crippen molar-refractivity contribution in [1.29, 1.82) is 0 Å². The number of nitrogens with two attached hydrogens (primary N) is 1. The van der Waals surface area contributed by atoms with Crippen molar-refractivity contribution in [1.82, 2.24) is 9.03 Å². The van der Waals surface area contributed by atoms with E-state index in [9.17, 15) is 8.42 Å². The molecule has 0 saturated heterocycles. The maximum atomic E-state index is 11.9. The number of likely N-dealkylation sites (N-methyl/N-ethyl adjacent to an activating group) is 1. The van der Waals surface area contributed by atoms with Crippen molar-refractivity contribution in [3.05, 3.63) is 0 Å². The van der Waals surface area contributed by atoms with Crippen LogP contribution in [-0.4, -0.2) is 38.9 Å². The molecule has 1 aliphatic rings. The molecule has 0 amide bonds. The molecule has 1 atom stereocenters. The normalized spacial score (nSPS) is 19.4. The van der Waals surface area contributed by atoms with Gasteiger partial charge < -0.3 is 5.73 Å². The molecule has 1 fully saturated rings. The van der Waals surface area contributed by atoms with E-state index in [0.717, 1.165) is 12.8 Å². The summed E-state index contributed by atoms with van der Waals surface area (Å²) in [7, 11) is -1.76. The van der Waals surface area contributed by atoms with Gasteiger partial charge in [-0.15, -0.1) is 0 Å². The zero-order chi connectivity index (χ0) is 12.3. The van der Waals surface area contributed by atoms with Crippen LogP contribution in [0, 0.1) is 11.8 Å². The summed E-state index contributed by atoms with van der Waals surface area (Å²) in [6, 6.07) is -0.0512. The zero-order valence-corrected chi connectivity index (χ0v) is 11.1. The van der Waals surface area contributed by atoms with E-state index >= 15 is 0 Å². The molecule has 0 radical (unpaired) electrons. The molecule has 0 aromatic heterocycles. The molecule has 1 saturated carbocycles. The molecule has 3 N–H and O–H groups in total. The average molecular weight is 249 g/mol. The largest absolute Gasteiger partial charge is 0.329 e. The molecule has 96 valence electrons. The number of rotatable bonds is 7. The molecule has 0 heterocycles. The number of hydrogen-bond donors (Lipinski definition) is 2. The monoisotopic (exact) mass is 249 g/mol. The van der Waals surface area contributed by atoms with Crippen molar-refractivity contribution in [3.8, 4) is 0 Å². The highest BCUT2D eigenvalue weighted by Gasteiger charge is 2.37. The fourth-order valence-corrected chi connectivity index (χ4v) is 3.03. The van der Waals surface area contributed by atoms with Gasteiger partial charge in [0.15, 0.2) is 0 Å². The predicted molar refractivity (Wildman–Crippen MR) is 65.1 cm³/mol. The van der Waals surface area contributed by atoms with Gasteiger partial charge in [-0.05, 0) is 24.7 Å². The zero-order valence-electron chi connectivity index (χ0n) is 10.3. The molecule has 5 nitrogen and oxygen atoms in total. The molecule has 0 bridgehead atoms. The summed E-state index contributed by atoms with van der Waals surface area (Å²) in [6.45, 7) is 4.81. The van der Waals surface area contributed by atoms with E-state index < -0.39 is 10.2 Å². The summed E-state index contributed by atoms with van der Waals surface area (Å²) >= 11 is 0. The fourth-order valence-electron chi connectivity index (χ4n) is 1.67. The maximum absolute atomic E-state index is 11.9. The smallest absolute Gasteiger partial charge is 0.279 e. The van der Waals surface area contributed by atoms with Gasteiger partial charge in [0, 0.05) is 26.2 Å². The van der Waals surface area contributed by atoms with Gasteiger partial charge in [-0.25, -0.2) is 4.72 Å². The van der Waals surface area contributed by atoms with E-state index in [1.165, 1.54) is 4.31 Å². The van der Waals surface area contributed by atoms with E-state index in [1.54, 1.807) is 7.05 Å². The van der Waals surface area contributed by atoms with Gasteiger partial charge in [0.05, 0.1) is 0 Å². The van der Waals surface area contributed by atoms with Crippen LogP contribution in [0.5, 0.6) is 0 Å². The van der Waals surface area contributed by atoms with Crippen LogP contribution in [0.4, 0.5) is 0 Å². The summed E-state index contributed by atoms with van der Waals surface area (Å²) in [6.07, 6.45) is 2.18. The predicted octanol–water partition coefficient (Wildman–Crippen LogP) is 0.146. The molecule has 1 aliphatic carbocycles.